The van der Waals surface area contributed by atoms with Crippen LogP contribution in [0.2, 0.25) is 0 Å². The molecule has 0 radical (unpaired) electrons. The molecule has 6 nitrogen and oxygen atoms in total. The summed E-state index contributed by atoms with van der Waals surface area (Å²) in [6, 6.07) is 2.74. The number of hydrogen-bond donors (Lipinski definition) is 2. The third-order valence-electron chi connectivity index (χ3n) is 3.88. The van der Waals surface area contributed by atoms with Gasteiger partial charge in [0.15, 0.2) is 0 Å². The predicted molar refractivity (Wildman–Crippen MR) is 80.4 cm³/mol. The van der Waals surface area contributed by atoms with Gasteiger partial charge in [0.25, 0.3) is 0 Å². The number of allylic oxidation sites excluding steroid dienone is 1. The lowest BCUT2D eigenvalue weighted by molar-refractivity contribution is -0.138. The molecule has 1 heterocycles. The minimum atomic E-state index is -0.982. The van der Waals surface area contributed by atoms with Gasteiger partial charge in [-0.3, -0.25) is 9.59 Å². The molecule has 22 heavy (non-hydrogen) atoms. The summed E-state index contributed by atoms with van der Waals surface area (Å²) in [4.78, 5) is 27.5. The Balaban J connectivity index is 2.13. The van der Waals surface area contributed by atoms with E-state index in [1.165, 1.54) is 13.3 Å². The number of carboxylic acid groups (broad SMARTS) is 1. The zero-order valence-corrected chi connectivity index (χ0v) is 12.8. The van der Waals surface area contributed by atoms with E-state index in [-0.39, 0.29) is 12.3 Å². The maximum absolute atomic E-state index is 12.4. The smallest absolute Gasteiger partial charge is 0.305 e. The molecular weight excluding hydrogens is 284 g/mol. The standard InChI is InChI=1S/C16H20N2O4/c1-10-7-16(2,8-10)15(21)18-12(6-14(19)20)11-4-5-13(22-3)17-9-11/h4-5,9,12H,1,6-8H2,2-3H3,(H,18,21)(H,19,20). The first-order valence-electron chi connectivity index (χ1n) is 7.03. The van der Waals surface area contributed by atoms with E-state index < -0.39 is 17.4 Å². The van der Waals surface area contributed by atoms with Gasteiger partial charge in [0.2, 0.25) is 11.8 Å². The third kappa shape index (κ3) is 3.44. The summed E-state index contributed by atoms with van der Waals surface area (Å²) in [7, 11) is 1.50. The number of nitrogens with one attached hydrogen (secondary N) is 1. The molecule has 1 aliphatic carbocycles. The van der Waals surface area contributed by atoms with Crippen LogP contribution in [0, 0.1) is 5.41 Å². The minimum Gasteiger partial charge on any atom is -0.481 e. The van der Waals surface area contributed by atoms with Crippen molar-refractivity contribution in [1.82, 2.24) is 10.3 Å². The average molecular weight is 304 g/mol. The van der Waals surface area contributed by atoms with E-state index in [1.807, 2.05) is 6.92 Å². The molecular formula is C16H20N2O4. The van der Waals surface area contributed by atoms with Crippen LogP contribution in [-0.4, -0.2) is 29.1 Å². The summed E-state index contributed by atoms with van der Waals surface area (Å²) < 4.78 is 4.98. The van der Waals surface area contributed by atoms with Crippen LogP contribution in [0.25, 0.3) is 0 Å². The molecule has 0 aliphatic heterocycles. The van der Waals surface area contributed by atoms with Gasteiger partial charge in [-0.2, -0.15) is 0 Å². The van der Waals surface area contributed by atoms with Crippen molar-refractivity contribution in [3.05, 3.63) is 36.0 Å². The molecule has 118 valence electrons. The second-order valence-electron chi connectivity index (χ2n) is 5.92. The van der Waals surface area contributed by atoms with Crippen molar-refractivity contribution in [3.8, 4) is 5.88 Å². The number of aromatic nitrogens is 1. The number of rotatable bonds is 6. The van der Waals surface area contributed by atoms with E-state index in [9.17, 15) is 9.59 Å². The highest BCUT2D eigenvalue weighted by molar-refractivity contribution is 5.85. The molecule has 0 bridgehead atoms. The van der Waals surface area contributed by atoms with Gasteiger partial charge in [-0.05, 0) is 18.4 Å². The maximum atomic E-state index is 12.4. The minimum absolute atomic E-state index is 0.151. The van der Waals surface area contributed by atoms with Gasteiger partial charge in [-0.25, -0.2) is 4.98 Å². The Morgan fingerprint density at radius 3 is 2.64 bits per heavy atom. The van der Waals surface area contributed by atoms with Gasteiger partial charge < -0.3 is 15.2 Å². The van der Waals surface area contributed by atoms with Gasteiger partial charge in [0.1, 0.15) is 0 Å². The topological polar surface area (TPSA) is 88.5 Å². The summed E-state index contributed by atoms with van der Waals surface area (Å²) >= 11 is 0. The van der Waals surface area contributed by atoms with Crippen molar-refractivity contribution in [3.63, 3.8) is 0 Å². The van der Waals surface area contributed by atoms with Gasteiger partial charge in [0.05, 0.1) is 25.0 Å². The summed E-state index contributed by atoms with van der Waals surface area (Å²) in [6.07, 6.45) is 2.60. The number of carbonyl (C=O) groups excluding carboxylic acids is 1. The lowest BCUT2D eigenvalue weighted by Gasteiger charge is -2.39. The Kier molecular flexibility index (Phi) is 4.49. The van der Waals surface area contributed by atoms with Crippen LogP contribution in [-0.2, 0) is 9.59 Å². The average Bonchev–Trinajstić information content (AvgIpc) is 2.44. The predicted octanol–water partition coefficient (Wildman–Crippen LogP) is 2.08. The Bertz CT molecular complexity index is 587. The van der Waals surface area contributed by atoms with E-state index in [1.54, 1.807) is 12.1 Å². The quantitative estimate of drug-likeness (QED) is 0.786. The number of nitrogens with zero attached hydrogens (tertiary/aromatic N) is 1. The number of carboxylic acids is 1. The zero-order chi connectivity index (χ0) is 16.3. The Morgan fingerprint density at radius 1 is 1.50 bits per heavy atom. The summed E-state index contributed by atoms with van der Waals surface area (Å²) in [5, 5.41) is 11.9. The molecule has 2 rings (SSSR count). The van der Waals surface area contributed by atoms with Crippen LogP contribution in [0.1, 0.15) is 37.8 Å². The molecule has 0 aromatic carbocycles. The molecule has 1 fully saturated rings. The zero-order valence-electron chi connectivity index (χ0n) is 12.8. The highest BCUT2D eigenvalue weighted by Gasteiger charge is 2.42. The van der Waals surface area contributed by atoms with Crippen molar-refractivity contribution in [2.24, 2.45) is 5.41 Å². The summed E-state index contributed by atoms with van der Waals surface area (Å²) in [5.74, 6) is -0.697. The SMILES string of the molecule is C=C1CC(C)(C(=O)NC(CC(=O)O)c2ccc(OC)nc2)C1. The number of methoxy groups -OCH3 is 1. The van der Waals surface area contributed by atoms with Crippen molar-refractivity contribution < 1.29 is 19.4 Å². The maximum Gasteiger partial charge on any atom is 0.305 e. The number of hydrogen-bond acceptors (Lipinski definition) is 4. The fourth-order valence-corrected chi connectivity index (χ4v) is 2.69. The lowest BCUT2D eigenvalue weighted by atomic mass is 9.67. The molecule has 1 saturated carbocycles. The van der Waals surface area contributed by atoms with E-state index in [0.29, 0.717) is 24.3 Å². The molecule has 0 spiro atoms. The second-order valence-corrected chi connectivity index (χ2v) is 5.92. The molecule has 1 aliphatic rings. The monoisotopic (exact) mass is 304 g/mol. The number of aliphatic carboxylic acids is 1. The van der Waals surface area contributed by atoms with Gasteiger partial charge >= 0.3 is 5.97 Å². The van der Waals surface area contributed by atoms with E-state index >= 15 is 0 Å². The van der Waals surface area contributed by atoms with Crippen LogP contribution >= 0.6 is 0 Å². The Labute approximate surface area is 129 Å². The van der Waals surface area contributed by atoms with Gasteiger partial charge in [-0.15, -0.1) is 0 Å². The van der Waals surface area contributed by atoms with E-state index in [4.69, 9.17) is 9.84 Å². The fraction of sp³-hybridized carbons (Fsp3) is 0.438. The van der Waals surface area contributed by atoms with Crippen LogP contribution in [0.15, 0.2) is 30.5 Å². The van der Waals surface area contributed by atoms with Crippen molar-refractivity contribution >= 4 is 11.9 Å². The van der Waals surface area contributed by atoms with Crippen LogP contribution in [0.4, 0.5) is 0 Å². The van der Waals surface area contributed by atoms with E-state index in [0.717, 1.165) is 5.57 Å². The molecule has 1 aromatic rings. The molecule has 1 atom stereocenters. The van der Waals surface area contributed by atoms with Crippen molar-refractivity contribution in [2.75, 3.05) is 7.11 Å². The van der Waals surface area contributed by atoms with Crippen molar-refractivity contribution in [2.45, 2.75) is 32.2 Å². The second kappa shape index (κ2) is 6.17. The Morgan fingerprint density at radius 2 is 2.18 bits per heavy atom. The van der Waals surface area contributed by atoms with Gasteiger partial charge in [0, 0.05) is 12.3 Å². The highest BCUT2D eigenvalue weighted by Crippen LogP contribution is 2.44. The fourth-order valence-electron chi connectivity index (χ4n) is 2.69. The van der Waals surface area contributed by atoms with Crippen LogP contribution in [0.5, 0.6) is 5.88 Å². The number of ether oxygens (including phenoxy) is 1. The van der Waals surface area contributed by atoms with Gasteiger partial charge in [-0.1, -0.05) is 25.1 Å². The number of pyridine rings is 1. The largest absolute Gasteiger partial charge is 0.481 e. The van der Waals surface area contributed by atoms with Crippen LogP contribution < -0.4 is 10.1 Å². The van der Waals surface area contributed by atoms with Crippen LogP contribution in [0.3, 0.4) is 0 Å². The summed E-state index contributed by atoms with van der Waals surface area (Å²) in [5.41, 5.74) is 1.19. The highest BCUT2D eigenvalue weighted by atomic mass is 16.5. The Hall–Kier alpha value is -2.37. The normalized spacial score (nSPS) is 17.3. The third-order valence-corrected chi connectivity index (χ3v) is 3.88. The molecule has 0 saturated heterocycles. The molecule has 1 unspecified atom stereocenters. The lowest BCUT2D eigenvalue weighted by Crippen LogP contribution is -2.46. The molecule has 1 aromatic heterocycles. The first kappa shape index (κ1) is 16.0. The number of carbonyl (C=O) groups is 2. The molecule has 2 N–H and O–H groups in total. The molecule has 6 heteroatoms. The first-order chi connectivity index (χ1) is 10.3. The summed E-state index contributed by atoms with van der Waals surface area (Å²) in [6.45, 7) is 5.71. The number of amides is 1. The first-order valence-corrected chi connectivity index (χ1v) is 7.03. The molecule has 1 amide bonds. The van der Waals surface area contributed by atoms with Crippen molar-refractivity contribution in [1.29, 1.82) is 0 Å². The van der Waals surface area contributed by atoms with E-state index in [2.05, 4.69) is 16.9 Å².